The van der Waals surface area contributed by atoms with E-state index in [1.165, 1.54) is 18.6 Å². The summed E-state index contributed by atoms with van der Waals surface area (Å²) >= 11 is 0. The maximum absolute atomic E-state index is 10.3. The number of rotatable bonds is 3. The number of allylic oxidation sites excluding steroid dienone is 1. The molecule has 0 saturated heterocycles. The molecular weight excluding hydrogens is 650 g/mol. The maximum Gasteiger partial charge on any atom is 0.327 e. The van der Waals surface area contributed by atoms with Crippen molar-refractivity contribution < 1.29 is 28.9 Å². The zero-order chi connectivity index (χ0) is 42.2. The van der Waals surface area contributed by atoms with E-state index in [2.05, 4.69) is 77.2 Å². The standard InChI is InChI=1S/C10H14O.C10H14.C7H12O2.C7H16O.C6H13NO.C5H12O/c1-10(2,3)11-9-7-5-4-6-8-9;1-10(2,3)9-7-5-4-6-8-9;1-7(2,3)5-4-6(8)9;1-6(2)8-7(3,4)5;1-5(8)7-6(2,3)4;1-5(2,3)6-4/h4-8H,1-3H3;4-8H,1-3H3;4-5H,1-3H3,(H,8,9);6H,1-5H3;1-4H3,(H,7,8);1-4H3/b;;5-4+;;;. The third-order valence-corrected chi connectivity index (χ3v) is 5.29. The summed E-state index contributed by atoms with van der Waals surface area (Å²) < 4.78 is 16.0. The van der Waals surface area contributed by atoms with Crippen LogP contribution in [0.4, 0.5) is 0 Å². The van der Waals surface area contributed by atoms with Gasteiger partial charge in [0, 0.05) is 25.6 Å². The van der Waals surface area contributed by atoms with Gasteiger partial charge >= 0.3 is 5.97 Å². The third-order valence-electron chi connectivity index (χ3n) is 5.29. The number of para-hydroxylation sites is 1. The first-order valence-electron chi connectivity index (χ1n) is 18.2. The molecule has 0 atom stereocenters. The second-order valence-corrected chi connectivity index (χ2v) is 18.7. The van der Waals surface area contributed by atoms with E-state index in [0.717, 1.165) is 5.75 Å². The number of aliphatic carboxylic acids is 1. The number of hydrogen-bond donors (Lipinski definition) is 2. The van der Waals surface area contributed by atoms with E-state index in [0.29, 0.717) is 11.5 Å². The van der Waals surface area contributed by atoms with Crippen LogP contribution in [0.25, 0.3) is 0 Å². The molecule has 0 fully saturated rings. The molecule has 7 nitrogen and oxygen atoms in total. The van der Waals surface area contributed by atoms with Gasteiger partial charge in [0.1, 0.15) is 11.4 Å². The zero-order valence-corrected chi connectivity index (χ0v) is 37.5. The highest BCUT2D eigenvalue weighted by Gasteiger charge is 2.13. The molecule has 1 amide bonds. The summed E-state index contributed by atoms with van der Waals surface area (Å²) in [5.74, 6) is 0.0717. The van der Waals surface area contributed by atoms with E-state index in [9.17, 15) is 9.59 Å². The molecule has 0 aliphatic carbocycles. The van der Waals surface area contributed by atoms with Crippen LogP contribution in [0.3, 0.4) is 0 Å². The molecule has 0 spiro atoms. The van der Waals surface area contributed by atoms with E-state index in [4.69, 9.17) is 19.3 Å². The Balaban J connectivity index is -0.000000269. The molecule has 2 aromatic carbocycles. The minimum atomic E-state index is -0.884. The molecular formula is C45H81NO6. The first-order valence-corrected chi connectivity index (χ1v) is 18.2. The van der Waals surface area contributed by atoms with Crippen LogP contribution in [0.2, 0.25) is 0 Å². The normalized spacial score (nSPS) is 11.8. The molecule has 2 rings (SSSR count). The number of carboxylic acids is 1. The molecule has 0 aliphatic heterocycles. The van der Waals surface area contributed by atoms with Crippen molar-refractivity contribution in [3.8, 4) is 5.75 Å². The summed E-state index contributed by atoms with van der Waals surface area (Å²) in [6.45, 7) is 42.4. The Hall–Kier alpha value is -3.16. The monoisotopic (exact) mass is 732 g/mol. The van der Waals surface area contributed by atoms with Crippen molar-refractivity contribution in [3.63, 3.8) is 0 Å². The van der Waals surface area contributed by atoms with Gasteiger partial charge < -0.3 is 24.6 Å². The van der Waals surface area contributed by atoms with Gasteiger partial charge in [-0.15, -0.1) is 0 Å². The minimum Gasteiger partial charge on any atom is -0.488 e. The van der Waals surface area contributed by atoms with Crippen molar-refractivity contribution in [2.45, 2.75) is 179 Å². The van der Waals surface area contributed by atoms with Gasteiger partial charge in [-0.25, -0.2) is 4.79 Å². The van der Waals surface area contributed by atoms with Crippen LogP contribution in [0.5, 0.6) is 5.75 Å². The lowest BCUT2D eigenvalue weighted by molar-refractivity contribution is -0.131. The summed E-state index contributed by atoms with van der Waals surface area (Å²) in [6.07, 6.45) is 3.17. The number of carbonyl (C=O) groups excluding carboxylic acids is 1. The lowest BCUT2D eigenvalue weighted by atomic mass is 9.87. The summed E-state index contributed by atoms with van der Waals surface area (Å²) in [4.78, 5) is 20.3. The van der Waals surface area contributed by atoms with Crippen LogP contribution in [0.15, 0.2) is 72.8 Å². The fraction of sp³-hybridized carbons (Fsp3) is 0.644. The fourth-order valence-electron chi connectivity index (χ4n) is 3.34. The van der Waals surface area contributed by atoms with Gasteiger partial charge in [-0.3, -0.25) is 4.79 Å². The summed E-state index contributed by atoms with van der Waals surface area (Å²) in [7, 11) is 1.71. The summed E-state index contributed by atoms with van der Waals surface area (Å²) in [5, 5.41) is 10.9. The SMILES string of the molecule is CC(=O)NC(C)(C)C.CC(C)(C)/C=C/C(=O)O.CC(C)(C)Oc1ccccc1.CC(C)(C)c1ccccc1.CC(C)OC(C)(C)C.COC(C)(C)C. The molecule has 0 aliphatic rings. The Morgan fingerprint density at radius 2 is 1.04 bits per heavy atom. The van der Waals surface area contributed by atoms with Gasteiger partial charge in [-0.05, 0) is 125 Å². The quantitative estimate of drug-likeness (QED) is 0.305. The Bertz CT molecular complexity index is 1190. The van der Waals surface area contributed by atoms with Gasteiger partial charge in [0.2, 0.25) is 5.91 Å². The van der Waals surface area contributed by atoms with Crippen LogP contribution in [-0.4, -0.2) is 52.5 Å². The van der Waals surface area contributed by atoms with Gasteiger partial charge in [0.05, 0.1) is 17.3 Å². The van der Waals surface area contributed by atoms with Gasteiger partial charge in [-0.1, -0.05) is 96.1 Å². The number of carboxylic acid groups (broad SMARTS) is 1. The lowest BCUT2D eigenvalue weighted by Crippen LogP contribution is -2.38. The average molecular weight is 732 g/mol. The molecule has 7 heteroatoms. The van der Waals surface area contributed by atoms with Crippen molar-refractivity contribution >= 4 is 11.9 Å². The topological polar surface area (TPSA) is 94.1 Å². The third kappa shape index (κ3) is 53.6. The van der Waals surface area contributed by atoms with E-state index in [1.54, 1.807) is 13.2 Å². The number of carbonyl (C=O) groups is 2. The number of nitrogens with one attached hydrogen (secondary N) is 1. The maximum atomic E-state index is 10.3. The van der Waals surface area contributed by atoms with Crippen LogP contribution in [-0.2, 0) is 24.5 Å². The van der Waals surface area contributed by atoms with Crippen molar-refractivity contribution in [1.82, 2.24) is 5.32 Å². The van der Waals surface area contributed by atoms with Gasteiger partial charge in [0.25, 0.3) is 0 Å². The lowest BCUT2D eigenvalue weighted by Gasteiger charge is -2.22. The zero-order valence-electron chi connectivity index (χ0n) is 37.5. The Morgan fingerprint density at radius 1 is 0.654 bits per heavy atom. The summed E-state index contributed by atoms with van der Waals surface area (Å²) in [6, 6.07) is 20.4. The van der Waals surface area contributed by atoms with E-state index in [-0.39, 0.29) is 33.7 Å². The molecule has 0 heterocycles. The number of amides is 1. The molecule has 0 aromatic heterocycles. The molecule has 52 heavy (non-hydrogen) atoms. The second kappa shape index (κ2) is 25.8. The first-order chi connectivity index (χ1) is 23.0. The minimum absolute atomic E-state index is 0.0220. The smallest absolute Gasteiger partial charge is 0.327 e. The summed E-state index contributed by atoms with van der Waals surface area (Å²) in [5.41, 5.74) is 1.55. The predicted octanol–water partition coefficient (Wildman–Crippen LogP) is 12.1. The van der Waals surface area contributed by atoms with Crippen molar-refractivity contribution in [2.75, 3.05) is 7.11 Å². The number of ether oxygens (including phenoxy) is 3. The van der Waals surface area contributed by atoms with E-state index >= 15 is 0 Å². The van der Waals surface area contributed by atoms with Crippen LogP contribution in [0, 0.1) is 5.41 Å². The van der Waals surface area contributed by atoms with E-state index in [1.807, 2.05) is 127 Å². The Labute approximate surface area is 321 Å². The molecule has 2 N–H and O–H groups in total. The highest BCUT2D eigenvalue weighted by Crippen LogP contribution is 2.21. The number of benzene rings is 2. The predicted molar refractivity (Wildman–Crippen MR) is 225 cm³/mol. The Morgan fingerprint density at radius 3 is 1.19 bits per heavy atom. The highest BCUT2D eigenvalue weighted by molar-refractivity contribution is 5.79. The average Bonchev–Trinajstić information content (AvgIpc) is 2.90. The van der Waals surface area contributed by atoms with Gasteiger partial charge in [0.15, 0.2) is 0 Å². The molecule has 0 unspecified atom stereocenters. The second-order valence-electron chi connectivity index (χ2n) is 18.7. The number of hydrogen-bond acceptors (Lipinski definition) is 5. The highest BCUT2D eigenvalue weighted by atomic mass is 16.5. The molecule has 2 aromatic rings. The fourth-order valence-corrected chi connectivity index (χ4v) is 3.34. The largest absolute Gasteiger partial charge is 0.488 e. The van der Waals surface area contributed by atoms with Crippen molar-refractivity contribution in [3.05, 3.63) is 78.4 Å². The van der Waals surface area contributed by atoms with Crippen LogP contribution >= 0.6 is 0 Å². The molecule has 0 saturated carbocycles. The van der Waals surface area contributed by atoms with Crippen LogP contribution < -0.4 is 10.1 Å². The van der Waals surface area contributed by atoms with E-state index < -0.39 is 5.97 Å². The first kappa shape index (κ1) is 55.6. The molecule has 0 bridgehead atoms. The van der Waals surface area contributed by atoms with Gasteiger partial charge in [-0.2, -0.15) is 0 Å². The molecule has 302 valence electrons. The van der Waals surface area contributed by atoms with Crippen molar-refractivity contribution in [1.29, 1.82) is 0 Å². The Kier molecular flexibility index (Phi) is 27.5. The van der Waals surface area contributed by atoms with Crippen molar-refractivity contribution in [2.24, 2.45) is 5.41 Å². The van der Waals surface area contributed by atoms with Crippen LogP contribution in [0.1, 0.15) is 151 Å². The number of methoxy groups -OCH3 is 1. The molecule has 0 radical (unpaired) electrons.